The van der Waals surface area contributed by atoms with Crippen molar-refractivity contribution in [3.63, 3.8) is 0 Å². The van der Waals surface area contributed by atoms with Crippen LogP contribution in [0.2, 0.25) is 0 Å². The Kier molecular flexibility index (Phi) is 7.43. The van der Waals surface area contributed by atoms with Crippen molar-refractivity contribution in [3.05, 3.63) is 71.0 Å². The van der Waals surface area contributed by atoms with Crippen LogP contribution in [0.5, 0.6) is 5.75 Å². The molecule has 0 saturated heterocycles. The zero-order chi connectivity index (χ0) is 20.0. The molecule has 0 aliphatic carbocycles. The summed E-state index contributed by atoms with van der Waals surface area (Å²) in [6, 6.07) is 12.8. The first-order chi connectivity index (χ1) is 12.9. The molecule has 0 saturated carbocycles. The number of thioether (sulfide) groups is 1. The van der Waals surface area contributed by atoms with Crippen LogP contribution >= 0.6 is 11.8 Å². The largest absolute Gasteiger partial charge is 0.508 e. The van der Waals surface area contributed by atoms with E-state index in [1.807, 2.05) is 19.9 Å². The first-order valence-corrected chi connectivity index (χ1v) is 10.7. The number of hydrogen-bond acceptors (Lipinski definition) is 3. The number of benzene rings is 2. The highest BCUT2D eigenvalue weighted by Gasteiger charge is 2.31. The summed E-state index contributed by atoms with van der Waals surface area (Å²) >= 11 is 1.78. The minimum atomic E-state index is -0.0571. The van der Waals surface area contributed by atoms with Gasteiger partial charge in [-0.2, -0.15) is 0 Å². The summed E-state index contributed by atoms with van der Waals surface area (Å²) in [6.07, 6.45) is 2.01. The van der Waals surface area contributed by atoms with Gasteiger partial charge in [0.2, 0.25) is 0 Å². The lowest BCUT2D eigenvalue weighted by Gasteiger charge is -2.34. The average molecular weight is 385 g/mol. The van der Waals surface area contributed by atoms with Gasteiger partial charge in [0, 0.05) is 10.3 Å². The van der Waals surface area contributed by atoms with E-state index in [4.69, 9.17) is 4.74 Å². The summed E-state index contributed by atoms with van der Waals surface area (Å²) < 4.78 is 5.50. The van der Waals surface area contributed by atoms with Crippen molar-refractivity contribution in [2.45, 2.75) is 57.8 Å². The summed E-state index contributed by atoms with van der Waals surface area (Å²) in [6.45, 7) is 15.2. The van der Waals surface area contributed by atoms with Gasteiger partial charge in [0.25, 0.3) is 0 Å². The highest BCUT2D eigenvalue weighted by molar-refractivity contribution is 7.99. The molecule has 1 N–H and O–H groups in total. The molecular formula is C24H32O2S. The first kappa shape index (κ1) is 21.4. The SMILES string of the molecule is C=C(CSc1cc(C(CC)(CC)c2ccc(O)c(C)c2)ccc1C)OCC. The summed E-state index contributed by atoms with van der Waals surface area (Å²) in [5.41, 5.74) is 4.73. The summed E-state index contributed by atoms with van der Waals surface area (Å²) in [7, 11) is 0. The third-order valence-corrected chi connectivity index (χ3v) is 6.65. The van der Waals surface area contributed by atoms with E-state index in [1.165, 1.54) is 21.6 Å². The number of ether oxygens (including phenoxy) is 1. The normalized spacial score (nSPS) is 11.4. The second kappa shape index (κ2) is 9.36. The Morgan fingerprint density at radius 1 is 1.00 bits per heavy atom. The topological polar surface area (TPSA) is 29.5 Å². The minimum absolute atomic E-state index is 0.0571. The van der Waals surface area contributed by atoms with Crippen LogP contribution in [0.4, 0.5) is 0 Å². The van der Waals surface area contributed by atoms with Gasteiger partial charge in [0.15, 0.2) is 0 Å². The molecular weight excluding hydrogens is 352 g/mol. The van der Waals surface area contributed by atoms with E-state index in [2.05, 4.69) is 57.7 Å². The van der Waals surface area contributed by atoms with Crippen LogP contribution in [0.3, 0.4) is 0 Å². The molecule has 3 heteroatoms. The average Bonchev–Trinajstić information content (AvgIpc) is 2.66. The Bertz CT molecular complexity index is 791. The number of aromatic hydroxyl groups is 1. The molecule has 0 amide bonds. The molecule has 0 spiro atoms. The molecule has 0 heterocycles. The zero-order valence-electron chi connectivity index (χ0n) is 17.3. The van der Waals surface area contributed by atoms with Crippen molar-refractivity contribution in [2.24, 2.45) is 0 Å². The minimum Gasteiger partial charge on any atom is -0.508 e. The molecule has 0 fully saturated rings. The van der Waals surface area contributed by atoms with Crippen LogP contribution in [0.15, 0.2) is 53.6 Å². The Balaban J connectivity index is 2.43. The fourth-order valence-corrected chi connectivity index (χ4v) is 4.55. The zero-order valence-corrected chi connectivity index (χ0v) is 18.1. The maximum atomic E-state index is 9.95. The smallest absolute Gasteiger partial charge is 0.118 e. The number of rotatable bonds is 9. The van der Waals surface area contributed by atoms with E-state index in [-0.39, 0.29) is 5.41 Å². The Morgan fingerprint density at radius 2 is 1.63 bits per heavy atom. The lowest BCUT2D eigenvalue weighted by Crippen LogP contribution is -2.26. The van der Waals surface area contributed by atoms with Crippen molar-refractivity contribution >= 4 is 11.8 Å². The van der Waals surface area contributed by atoms with Gasteiger partial charge in [-0.3, -0.25) is 0 Å². The molecule has 2 rings (SSSR count). The molecule has 2 aromatic carbocycles. The number of phenolic OH excluding ortho intramolecular Hbond substituents is 1. The quantitative estimate of drug-likeness (QED) is 0.383. The van der Waals surface area contributed by atoms with E-state index in [9.17, 15) is 5.11 Å². The third-order valence-electron chi connectivity index (χ3n) is 5.43. The van der Waals surface area contributed by atoms with E-state index < -0.39 is 0 Å². The van der Waals surface area contributed by atoms with Crippen molar-refractivity contribution in [3.8, 4) is 5.75 Å². The van der Waals surface area contributed by atoms with E-state index in [0.717, 1.165) is 29.9 Å². The summed E-state index contributed by atoms with van der Waals surface area (Å²) in [4.78, 5) is 1.27. The summed E-state index contributed by atoms with van der Waals surface area (Å²) in [5.74, 6) is 1.94. The van der Waals surface area contributed by atoms with E-state index >= 15 is 0 Å². The van der Waals surface area contributed by atoms with Gasteiger partial charge in [-0.15, -0.1) is 11.8 Å². The fourth-order valence-electron chi connectivity index (χ4n) is 3.64. The molecule has 0 aliphatic heterocycles. The summed E-state index contributed by atoms with van der Waals surface area (Å²) in [5, 5.41) is 9.95. The Hall–Kier alpha value is -1.87. The molecule has 2 nitrogen and oxygen atoms in total. The maximum absolute atomic E-state index is 9.95. The molecule has 0 bridgehead atoms. The Morgan fingerprint density at radius 3 is 2.22 bits per heavy atom. The Labute approximate surface area is 168 Å². The van der Waals surface area contributed by atoms with Gasteiger partial charge >= 0.3 is 0 Å². The molecule has 0 aliphatic rings. The van der Waals surface area contributed by atoms with E-state index in [0.29, 0.717) is 12.4 Å². The predicted molar refractivity (Wildman–Crippen MR) is 117 cm³/mol. The van der Waals surface area contributed by atoms with Crippen LogP contribution in [0, 0.1) is 13.8 Å². The monoisotopic (exact) mass is 384 g/mol. The molecule has 2 aromatic rings. The van der Waals surface area contributed by atoms with Gasteiger partial charge in [-0.1, -0.05) is 44.7 Å². The maximum Gasteiger partial charge on any atom is 0.118 e. The molecule has 146 valence electrons. The highest BCUT2D eigenvalue weighted by atomic mass is 32.2. The van der Waals surface area contributed by atoms with Crippen molar-refractivity contribution < 1.29 is 9.84 Å². The predicted octanol–water partition coefficient (Wildman–Crippen LogP) is 6.76. The number of hydrogen-bond donors (Lipinski definition) is 1. The van der Waals surface area contributed by atoms with Crippen LogP contribution in [0.25, 0.3) is 0 Å². The highest BCUT2D eigenvalue weighted by Crippen LogP contribution is 2.41. The van der Waals surface area contributed by atoms with Crippen molar-refractivity contribution in [1.29, 1.82) is 0 Å². The van der Waals surface area contributed by atoms with Gasteiger partial charge in [-0.05, 0) is 68.0 Å². The third kappa shape index (κ3) is 4.70. The van der Waals surface area contributed by atoms with Gasteiger partial charge < -0.3 is 9.84 Å². The fraction of sp³-hybridized carbons (Fsp3) is 0.417. The van der Waals surface area contributed by atoms with Gasteiger partial charge in [0.1, 0.15) is 5.75 Å². The van der Waals surface area contributed by atoms with Crippen LogP contribution in [0.1, 0.15) is 55.9 Å². The second-order valence-electron chi connectivity index (χ2n) is 7.03. The van der Waals surface area contributed by atoms with Crippen molar-refractivity contribution in [2.75, 3.05) is 12.4 Å². The molecule has 27 heavy (non-hydrogen) atoms. The lowest BCUT2D eigenvalue weighted by molar-refractivity contribution is 0.235. The molecule has 0 unspecified atom stereocenters. The van der Waals surface area contributed by atoms with Crippen LogP contribution in [-0.2, 0) is 10.2 Å². The second-order valence-corrected chi connectivity index (χ2v) is 8.05. The van der Waals surface area contributed by atoms with Crippen LogP contribution in [-0.4, -0.2) is 17.5 Å². The number of aryl methyl sites for hydroxylation is 2. The lowest BCUT2D eigenvalue weighted by atomic mass is 9.70. The standard InChI is InChI=1S/C24H32O2S/c1-7-24(8-2,20-12-13-22(25)18(5)14-20)21-11-10-17(4)23(15-21)27-16-19(6)26-9-3/h10-15,25H,6-9,16H2,1-5H3. The van der Waals surface area contributed by atoms with Gasteiger partial charge in [-0.25, -0.2) is 0 Å². The molecule has 0 atom stereocenters. The van der Waals surface area contributed by atoms with Crippen molar-refractivity contribution in [1.82, 2.24) is 0 Å². The molecule has 0 aromatic heterocycles. The van der Waals surface area contributed by atoms with Crippen LogP contribution < -0.4 is 0 Å². The molecule has 0 radical (unpaired) electrons. The van der Waals surface area contributed by atoms with E-state index in [1.54, 1.807) is 11.8 Å². The number of phenols is 1. The van der Waals surface area contributed by atoms with Gasteiger partial charge in [0.05, 0.1) is 18.1 Å². The first-order valence-electron chi connectivity index (χ1n) is 9.72.